The van der Waals surface area contributed by atoms with Gasteiger partial charge in [0.15, 0.2) is 0 Å². The van der Waals surface area contributed by atoms with E-state index in [1.807, 2.05) is 13.1 Å². The largest absolute Gasteiger partial charge is 0.395 e. The molecule has 0 amide bonds. The summed E-state index contributed by atoms with van der Waals surface area (Å²) in [5.74, 6) is 0. The van der Waals surface area contributed by atoms with Gasteiger partial charge in [0, 0.05) is 24.9 Å². The number of rotatable bonds is 6. The highest BCUT2D eigenvalue weighted by molar-refractivity contribution is 7.09. The van der Waals surface area contributed by atoms with E-state index >= 15 is 0 Å². The predicted molar refractivity (Wildman–Crippen MR) is 74.8 cm³/mol. The molecule has 0 spiro atoms. The molecule has 96 valence electrons. The quantitative estimate of drug-likeness (QED) is 0.866. The molecule has 0 saturated heterocycles. The molecule has 0 aliphatic rings. The first-order chi connectivity index (χ1) is 8.78. The zero-order valence-corrected chi connectivity index (χ0v) is 11.4. The summed E-state index contributed by atoms with van der Waals surface area (Å²) in [4.78, 5) is 6.69. The Balaban J connectivity index is 1.94. The summed E-state index contributed by atoms with van der Waals surface area (Å²) in [7, 11) is 1.99. The average Bonchev–Trinajstić information content (AvgIpc) is 2.78. The first-order valence-corrected chi connectivity index (χ1v) is 6.92. The molecule has 0 bridgehead atoms. The van der Waals surface area contributed by atoms with E-state index in [1.54, 1.807) is 11.3 Å². The second-order valence-electron chi connectivity index (χ2n) is 4.36. The maximum atomic E-state index is 8.86. The standard InChI is InChI=1S/C14H18N2OS/c1-16(7-8-17)10-13-11-18-14(15-13)9-12-5-3-2-4-6-12/h2-6,11,17H,7-10H2,1H3. The van der Waals surface area contributed by atoms with Crippen LogP contribution in [0.2, 0.25) is 0 Å². The highest BCUT2D eigenvalue weighted by Crippen LogP contribution is 2.15. The van der Waals surface area contributed by atoms with Crippen molar-refractivity contribution in [3.63, 3.8) is 0 Å². The molecule has 0 aliphatic carbocycles. The highest BCUT2D eigenvalue weighted by Gasteiger charge is 2.05. The van der Waals surface area contributed by atoms with Gasteiger partial charge in [0.2, 0.25) is 0 Å². The van der Waals surface area contributed by atoms with Crippen molar-refractivity contribution in [1.82, 2.24) is 9.88 Å². The minimum atomic E-state index is 0.192. The summed E-state index contributed by atoms with van der Waals surface area (Å²) in [6.07, 6.45) is 0.898. The average molecular weight is 262 g/mol. The lowest BCUT2D eigenvalue weighted by Crippen LogP contribution is -2.21. The van der Waals surface area contributed by atoms with Gasteiger partial charge in [-0.2, -0.15) is 0 Å². The number of likely N-dealkylation sites (N-methyl/N-ethyl adjacent to an activating group) is 1. The lowest BCUT2D eigenvalue weighted by molar-refractivity contribution is 0.216. The molecule has 0 aliphatic heterocycles. The maximum absolute atomic E-state index is 8.86. The summed E-state index contributed by atoms with van der Waals surface area (Å²) in [6, 6.07) is 10.4. The predicted octanol–water partition coefficient (Wildman–Crippen LogP) is 2.16. The lowest BCUT2D eigenvalue weighted by Gasteiger charge is -2.12. The van der Waals surface area contributed by atoms with Crippen LogP contribution in [0.4, 0.5) is 0 Å². The molecule has 0 fully saturated rings. The first-order valence-electron chi connectivity index (χ1n) is 6.04. The molecule has 3 nitrogen and oxygen atoms in total. The van der Waals surface area contributed by atoms with Crippen molar-refractivity contribution >= 4 is 11.3 Å². The number of thiazole rings is 1. The van der Waals surface area contributed by atoms with Gasteiger partial charge in [0.25, 0.3) is 0 Å². The minimum Gasteiger partial charge on any atom is -0.395 e. The molecule has 1 aromatic carbocycles. The van der Waals surface area contributed by atoms with E-state index < -0.39 is 0 Å². The zero-order valence-electron chi connectivity index (χ0n) is 10.5. The van der Waals surface area contributed by atoms with Crippen LogP contribution in [0.3, 0.4) is 0 Å². The third kappa shape index (κ3) is 3.91. The van der Waals surface area contributed by atoms with Crippen molar-refractivity contribution in [1.29, 1.82) is 0 Å². The Morgan fingerprint density at radius 3 is 2.78 bits per heavy atom. The van der Waals surface area contributed by atoms with Crippen molar-refractivity contribution in [3.8, 4) is 0 Å². The molecular formula is C14H18N2OS. The number of aliphatic hydroxyl groups is 1. The summed E-state index contributed by atoms with van der Waals surface area (Å²) in [5, 5.41) is 12.1. The molecule has 2 rings (SSSR count). The molecule has 18 heavy (non-hydrogen) atoms. The Morgan fingerprint density at radius 2 is 2.06 bits per heavy atom. The molecule has 0 saturated carbocycles. The number of aliphatic hydroxyl groups excluding tert-OH is 1. The monoisotopic (exact) mass is 262 g/mol. The van der Waals surface area contributed by atoms with Gasteiger partial charge in [-0.25, -0.2) is 4.98 Å². The van der Waals surface area contributed by atoms with Crippen molar-refractivity contribution in [2.24, 2.45) is 0 Å². The lowest BCUT2D eigenvalue weighted by atomic mass is 10.2. The summed E-state index contributed by atoms with van der Waals surface area (Å²) in [5.41, 5.74) is 2.38. The first kappa shape index (κ1) is 13.2. The fraction of sp³-hybridized carbons (Fsp3) is 0.357. The molecule has 2 aromatic rings. The van der Waals surface area contributed by atoms with Crippen LogP contribution in [-0.4, -0.2) is 35.2 Å². The van der Waals surface area contributed by atoms with Crippen LogP contribution in [0.5, 0.6) is 0 Å². The number of benzene rings is 1. The Labute approximate surface area is 112 Å². The highest BCUT2D eigenvalue weighted by atomic mass is 32.1. The van der Waals surface area contributed by atoms with Crippen molar-refractivity contribution < 1.29 is 5.11 Å². The number of nitrogens with zero attached hydrogens (tertiary/aromatic N) is 2. The van der Waals surface area contributed by atoms with Gasteiger partial charge in [-0.15, -0.1) is 11.3 Å². The molecule has 0 unspecified atom stereocenters. The van der Waals surface area contributed by atoms with Gasteiger partial charge in [0.1, 0.15) is 0 Å². The molecule has 4 heteroatoms. The molecule has 1 N–H and O–H groups in total. The van der Waals surface area contributed by atoms with Gasteiger partial charge in [-0.05, 0) is 12.6 Å². The van der Waals surface area contributed by atoms with Crippen molar-refractivity contribution in [3.05, 3.63) is 52.0 Å². The van der Waals surface area contributed by atoms with Crippen LogP contribution in [0.1, 0.15) is 16.3 Å². The topological polar surface area (TPSA) is 36.4 Å². The maximum Gasteiger partial charge on any atom is 0.0972 e. The van der Waals surface area contributed by atoms with E-state index in [-0.39, 0.29) is 6.61 Å². The van der Waals surface area contributed by atoms with Crippen LogP contribution in [0.25, 0.3) is 0 Å². The number of aromatic nitrogens is 1. The van der Waals surface area contributed by atoms with Crippen molar-refractivity contribution in [2.75, 3.05) is 20.2 Å². The normalized spacial score (nSPS) is 11.1. The van der Waals surface area contributed by atoms with E-state index in [0.717, 1.165) is 23.7 Å². The van der Waals surface area contributed by atoms with Crippen LogP contribution in [0, 0.1) is 0 Å². The number of hydrogen-bond donors (Lipinski definition) is 1. The van der Waals surface area contributed by atoms with Crippen molar-refractivity contribution in [2.45, 2.75) is 13.0 Å². The van der Waals surface area contributed by atoms with E-state index in [0.29, 0.717) is 6.54 Å². The number of hydrogen-bond acceptors (Lipinski definition) is 4. The Kier molecular flexibility index (Phi) is 4.87. The fourth-order valence-electron chi connectivity index (χ4n) is 1.80. The van der Waals surface area contributed by atoms with Gasteiger partial charge >= 0.3 is 0 Å². The minimum absolute atomic E-state index is 0.192. The van der Waals surface area contributed by atoms with Crippen LogP contribution >= 0.6 is 11.3 Å². The van der Waals surface area contributed by atoms with E-state index in [4.69, 9.17) is 5.11 Å². The molecular weight excluding hydrogens is 244 g/mol. The fourth-order valence-corrected chi connectivity index (χ4v) is 2.62. The van der Waals surface area contributed by atoms with Gasteiger partial charge < -0.3 is 5.11 Å². The molecule has 0 radical (unpaired) electrons. The van der Waals surface area contributed by atoms with E-state index in [1.165, 1.54) is 5.56 Å². The Hall–Kier alpha value is -1.23. The summed E-state index contributed by atoms with van der Waals surface area (Å²) in [6.45, 7) is 1.68. The molecule has 0 atom stereocenters. The van der Waals surface area contributed by atoms with E-state index in [9.17, 15) is 0 Å². The molecule has 1 aromatic heterocycles. The van der Waals surface area contributed by atoms with Crippen LogP contribution in [-0.2, 0) is 13.0 Å². The second-order valence-corrected chi connectivity index (χ2v) is 5.30. The van der Waals surface area contributed by atoms with Crippen LogP contribution < -0.4 is 0 Å². The van der Waals surface area contributed by atoms with Gasteiger partial charge in [0.05, 0.1) is 17.3 Å². The SMILES string of the molecule is CN(CCO)Cc1csc(Cc2ccccc2)n1. The third-order valence-electron chi connectivity index (χ3n) is 2.71. The zero-order chi connectivity index (χ0) is 12.8. The Morgan fingerprint density at radius 1 is 1.28 bits per heavy atom. The smallest absolute Gasteiger partial charge is 0.0972 e. The summed E-state index contributed by atoms with van der Waals surface area (Å²) >= 11 is 1.70. The van der Waals surface area contributed by atoms with Gasteiger partial charge in [-0.1, -0.05) is 30.3 Å². The van der Waals surface area contributed by atoms with E-state index in [2.05, 4.69) is 39.5 Å². The Bertz CT molecular complexity index is 470. The molecule has 1 heterocycles. The third-order valence-corrected chi connectivity index (χ3v) is 3.61. The van der Waals surface area contributed by atoms with Gasteiger partial charge in [-0.3, -0.25) is 4.90 Å². The second kappa shape index (κ2) is 6.64. The van der Waals surface area contributed by atoms with Crippen LogP contribution in [0.15, 0.2) is 35.7 Å². The summed E-state index contributed by atoms with van der Waals surface area (Å²) < 4.78 is 0.